The third kappa shape index (κ3) is 4.08. The summed E-state index contributed by atoms with van der Waals surface area (Å²) in [4.78, 5) is 37.8. The van der Waals surface area contributed by atoms with Crippen molar-refractivity contribution in [1.29, 1.82) is 0 Å². The summed E-state index contributed by atoms with van der Waals surface area (Å²) in [6.07, 6.45) is 0.309. The molecule has 0 bridgehead atoms. The number of carbonyl (C=O) groups excluding carboxylic acids is 2. The van der Waals surface area contributed by atoms with E-state index >= 15 is 0 Å². The molecule has 2 aromatic rings. The maximum Gasteiger partial charge on any atom is 0.335 e. The Kier molecular flexibility index (Phi) is 5.31. The fraction of sp³-hybridized carbons (Fsp3) is 0.250. The molecule has 1 fully saturated rings. The molecular formula is C20H20N2O4. The lowest BCUT2D eigenvalue weighted by atomic mass is 10.0. The third-order valence-electron chi connectivity index (χ3n) is 4.46. The molecule has 0 radical (unpaired) electrons. The summed E-state index contributed by atoms with van der Waals surface area (Å²) in [5.74, 6) is -1.23. The van der Waals surface area contributed by atoms with Crippen LogP contribution in [0.1, 0.15) is 33.9 Å². The normalized spacial score (nSPS) is 17.3. The Morgan fingerprint density at radius 2 is 1.88 bits per heavy atom. The number of amides is 2. The second-order valence-corrected chi connectivity index (χ2v) is 6.25. The van der Waals surface area contributed by atoms with Crippen molar-refractivity contribution in [2.45, 2.75) is 18.9 Å². The van der Waals surface area contributed by atoms with Gasteiger partial charge in [-0.3, -0.25) is 9.59 Å². The molecule has 0 spiro atoms. The number of nitrogens with one attached hydrogen (secondary N) is 1. The first-order chi connectivity index (χ1) is 12.5. The Hall–Kier alpha value is -3.15. The van der Waals surface area contributed by atoms with Gasteiger partial charge in [0.15, 0.2) is 0 Å². The number of carboxylic acids is 1. The largest absolute Gasteiger partial charge is 0.478 e. The Labute approximate surface area is 151 Å². The summed E-state index contributed by atoms with van der Waals surface area (Å²) in [5, 5.41) is 11.9. The van der Waals surface area contributed by atoms with Crippen molar-refractivity contribution in [2.75, 3.05) is 13.1 Å². The van der Waals surface area contributed by atoms with Gasteiger partial charge in [0.25, 0.3) is 0 Å². The van der Waals surface area contributed by atoms with Crippen molar-refractivity contribution in [3.63, 3.8) is 0 Å². The van der Waals surface area contributed by atoms with Crippen molar-refractivity contribution in [3.8, 4) is 0 Å². The molecule has 1 atom stereocenters. The zero-order chi connectivity index (χ0) is 18.5. The number of hydrogen-bond donors (Lipinski definition) is 2. The van der Waals surface area contributed by atoms with Crippen molar-refractivity contribution in [2.24, 2.45) is 0 Å². The average molecular weight is 352 g/mol. The van der Waals surface area contributed by atoms with Crippen LogP contribution in [0, 0.1) is 0 Å². The fourth-order valence-electron chi connectivity index (χ4n) is 3.19. The van der Waals surface area contributed by atoms with Crippen LogP contribution in [0.5, 0.6) is 0 Å². The van der Waals surface area contributed by atoms with E-state index in [0.29, 0.717) is 18.7 Å². The number of aromatic carboxylic acids is 1. The zero-order valence-electron chi connectivity index (χ0n) is 14.2. The highest BCUT2D eigenvalue weighted by Crippen LogP contribution is 2.26. The zero-order valence-corrected chi connectivity index (χ0v) is 14.2. The number of carbonyl (C=O) groups is 3. The fourth-order valence-corrected chi connectivity index (χ4v) is 3.19. The molecule has 1 heterocycles. The molecule has 1 saturated heterocycles. The Bertz CT molecular complexity index is 820. The molecule has 3 rings (SSSR count). The lowest BCUT2D eigenvalue weighted by molar-refractivity contribution is -0.133. The van der Waals surface area contributed by atoms with Gasteiger partial charge >= 0.3 is 5.97 Å². The Balaban J connectivity index is 1.84. The average Bonchev–Trinajstić information content (AvgIpc) is 2.84. The predicted molar refractivity (Wildman–Crippen MR) is 95.6 cm³/mol. The van der Waals surface area contributed by atoms with E-state index in [9.17, 15) is 14.4 Å². The van der Waals surface area contributed by atoms with Gasteiger partial charge in [-0.15, -0.1) is 0 Å². The highest BCUT2D eigenvalue weighted by atomic mass is 16.4. The third-order valence-corrected chi connectivity index (χ3v) is 4.46. The molecule has 0 saturated carbocycles. The standard InChI is InChI=1S/C20H20N2O4/c23-18-13-17(15-6-2-1-3-7-15)22(10-9-21-18)19(24)12-14-5-4-8-16(11-14)20(25)26/h1-8,11,17H,9-10,12-13H2,(H,21,23)(H,25,26). The van der Waals surface area contributed by atoms with Crippen LogP contribution < -0.4 is 5.32 Å². The van der Waals surface area contributed by atoms with Crippen LogP contribution in [0.25, 0.3) is 0 Å². The summed E-state index contributed by atoms with van der Waals surface area (Å²) < 4.78 is 0. The van der Waals surface area contributed by atoms with Crippen LogP contribution in [-0.2, 0) is 16.0 Å². The minimum Gasteiger partial charge on any atom is -0.478 e. The first kappa shape index (κ1) is 17.7. The molecule has 2 N–H and O–H groups in total. The van der Waals surface area contributed by atoms with Crippen LogP contribution >= 0.6 is 0 Å². The Morgan fingerprint density at radius 3 is 2.62 bits per heavy atom. The first-order valence-electron chi connectivity index (χ1n) is 8.48. The lowest BCUT2D eigenvalue weighted by Gasteiger charge is -2.29. The number of hydrogen-bond acceptors (Lipinski definition) is 3. The minimum atomic E-state index is -1.02. The molecule has 0 aliphatic carbocycles. The molecule has 2 amide bonds. The van der Waals surface area contributed by atoms with E-state index < -0.39 is 5.97 Å². The van der Waals surface area contributed by atoms with Crippen LogP contribution in [-0.4, -0.2) is 40.9 Å². The van der Waals surface area contributed by atoms with E-state index in [1.165, 1.54) is 12.1 Å². The summed E-state index contributed by atoms with van der Waals surface area (Å²) in [6, 6.07) is 15.5. The molecular weight excluding hydrogens is 332 g/mol. The van der Waals surface area contributed by atoms with E-state index in [-0.39, 0.29) is 36.3 Å². The molecule has 1 aliphatic heterocycles. The van der Waals surface area contributed by atoms with E-state index in [1.807, 2.05) is 30.3 Å². The molecule has 1 unspecified atom stereocenters. The smallest absolute Gasteiger partial charge is 0.335 e. The van der Waals surface area contributed by atoms with E-state index in [1.54, 1.807) is 17.0 Å². The highest BCUT2D eigenvalue weighted by molar-refractivity contribution is 5.88. The second-order valence-electron chi connectivity index (χ2n) is 6.25. The maximum atomic E-state index is 12.9. The summed E-state index contributed by atoms with van der Waals surface area (Å²) in [7, 11) is 0. The summed E-state index contributed by atoms with van der Waals surface area (Å²) in [5.41, 5.74) is 1.71. The van der Waals surface area contributed by atoms with Crippen LogP contribution in [0.3, 0.4) is 0 Å². The second kappa shape index (κ2) is 7.82. The van der Waals surface area contributed by atoms with Crippen molar-refractivity contribution >= 4 is 17.8 Å². The highest BCUT2D eigenvalue weighted by Gasteiger charge is 2.29. The van der Waals surface area contributed by atoms with Gasteiger partial charge < -0.3 is 15.3 Å². The summed E-state index contributed by atoms with van der Waals surface area (Å²) in [6.45, 7) is 0.825. The van der Waals surface area contributed by atoms with Gasteiger partial charge in [0.2, 0.25) is 11.8 Å². The molecule has 134 valence electrons. The number of rotatable bonds is 4. The summed E-state index contributed by atoms with van der Waals surface area (Å²) >= 11 is 0. The van der Waals surface area contributed by atoms with Crippen molar-refractivity contribution < 1.29 is 19.5 Å². The van der Waals surface area contributed by atoms with Gasteiger partial charge in [-0.2, -0.15) is 0 Å². The van der Waals surface area contributed by atoms with Crippen LogP contribution in [0.4, 0.5) is 0 Å². The van der Waals surface area contributed by atoms with Gasteiger partial charge in [-0.25, -0.2) is 4.79 Å². The monoisotopic (exact) mass is 352 g/mol. The molecule has 6 heteroatoms. The first-order valence-corrected chi connectivity index (χ1v) is 8.48. The van der Waals surface area contributed by atoms with Gasteiger partial charge in [0.05, 0.1) is 24.4 Å². The minimum absolute atomic E-state index is 0.0815. The predicted octanol–water partition coefficient (Wildman–Crippen LogP) is 2.02. The van der Waals surface area contributed by atoms with Crippen LogP contribution in [0.2, 0.25) is 0 Å². The molecule has 26 heavy (non-hydrogen) atoms. The van der Waals surface area contributed by atoms with Gasteiger partial charge in [0, 0.05) is 13.1 Å². The van der Waals surface area contributed by atoms with E-state index in [4.69, 9.17) is 5.11 Å². The molecule has 1 aliphatic rings. The molecule has 6 nitrogen and oxygen atoms in total. The molecule has 2 aromatic carbocycles. The number of carboxylic acid groups (broad SMARTS) is 1. The Morgan fingerprint density at radius 1 is 1.12 bits per heavy atom. The lowest BCUT2D eigenvalue weighted by Crippen LogP contribution is -2.37. The number of nitrogens with zero attached hydrogens (tertiary/aromatic N) is 1. The van der Waals surface area contributed by atoms with E-state index in [2.05, 4.69) is 5.32 Å². The van der Waals surface area contributed by atoms with Gasteiger partial charge in [-0.1, -0.05) is 42.5 Å². The SMILES string of the molecule is O=C1CC(c2ccccc2)N(C(=O)Cc2cccc(C(=O)O)c2)CCN1. The van der Waals surface area contributed by atoms with Crippen LogP contribution in [0.15, 0.2) is 54.6 Å². The van der Waals surface area contributed by atoms with Crippen molar-refractivity contribution in [3.05, 3.63) is 71.3 Å². The van der Waals surface area contributed by atoms with Crippen molar-refractivity contribution in [1.82, 2.24) is 10.2 Å². The quantitative estimate of drug-likeness (QED) is 0.881. The van der Waals surface area contributed by atoms with Gasteiger partial charge in [-0.05, 0) is 23.3 Å². The van der Waals surface area contributed by atoms with Gasteiger partial charge in [0.1, 0.15) is 0 Å². The topological polar surface area (TPSA) is 86.7 Å². The number of benzene rings is 2. The molecule has 0 aromatic heterocycles. The maximum absolute atomic E-state index is 12.9. The van der Waals surface area contributed by atoms with E-state index in [0.717, 1.165) is 5.56 Å².